The highest BCUT2D eigenvalue weighted by molar-refractivity contribution is 5.96. The molecule has 8 nitrogen and oxygen atoms in total. The summed E-state index contributed by atoms with van der Waals surface area (Å²) in [5.41, 5.74) is 3.47. The fourth-order valence-corrected chi connectivity index (χ4v) is 4.70. The third kappa shape index (κ3) is 3.95. The van der Waals surface area contributed by atoms with E-state index in [1.54, 1.807) is 19.2 Å². The second-order valence-corrected chi connectivity index (χ2v) is 8.74. The van der Waals surface area contributed by atoms with E-state index in [4.69, 9.17) is 4.74 Å². The van der Waals surface area contributed by atoms with Crippen LogP contribution in [0.15, 0.2) is 30.6 Å². The number of nitrogens with zero attached hydrogens (tertiary/aromatic N) is 4. The average Bonchev–Trinajstić information content (AvgIpc) is 3.34. The van der Waals surface area contributed by atoms with Crippen molar-refractivity contribution in [2.45, 2.75) is 39.3 Å². The highest BCUT2D eigenvalue weighted by Gasteiger charge is 2.25. The molecule has 1 aliphatic rings. The molecule has 1 saturated heterocycles. The third-order valence-corrected chi connectivity index (χ3v) is 5.96. The van der Waals surface area contributed by atoms with Gasteiger partial charge in [0.05, 0.1) is 29.4 Å². The second kappa shape index (κ2) is 8.18. The number of alkyl halides is 2. The standard InChI is InChI=1S/C23H27F2N7O/c1-12-8-31(9-13(2)26-12)16-6-17(21(24)25)20-18(7-16)29-30-22(20)28-15-5-19(33-4)23-27-14(3)10-32(23)11-15/h5-7,10-13,21,26H,8-9H2,1-4H3,(H2,28,29,30)/t12-,13-/m0/s1. The summed E-state index contributed by atoms with van der Waals surface area (Å²) in [7, 11) is 1.57. The molecular weight excluding hydrogens is 428 g/mol. The number of rotatable bonds is 5. The van der Waals surface area contributed by atoms with Crippen LogP contribution < -0.4 is 20.3 Å². The molecular formula is C23H27F2N7O. The maximum absolute atomic E-state index is 14.2. The lowest BCUT2D eigenvalue weighted by Gasteiger charge is -2.37. The van der Waals surface area contributed by atoms with E-state index in [0.717, 1.165) is 24.5 Å². The molecule has 0 saturated carbocycles. The van der Waals surface area contributed by atoms with Crippen molar-refractivity contribution < 1.29 is 13.5 Å². The Kier molecular flexibility index (Phi) is 5.32. The summed E-state index contributed by atoms with van der Waals surface area (Å²) in [6.45, 7) is 7.59. The maximum atomic E-state index is 14.2. The molecule has 1 aromatic carbocycles. The summed E-state index contributed by atoms with van der Waals surface area (Å²) < 4.78 is 35.7. The molecule has 33 heavy (non-hydrogen) atoms. The number of aromatic nitrogens is 4. The van der Waals surface area contributed by atoms with Crippen molar-refractivity contribution >= 4 is 33.7 Å². The van der Waals surface area contributed by atoms with Crippen LogP contribution in [0.2, 0.25) is 0 Å². The van der Waals surface area contributed by atoms with Crippen molar-refractivity contribution in [1.29, 1.82) is 0 Å². The summed E-state index contributed by atoms with van der Waals surface area (Å²) in [6, 6.07) is 5.81. The molecule has 3 aromatic heterocycles. The van der Waals surface area contributed by atoms with E-state index in [-0.39, 0.29) is 17.6 Å². The fraction of sp³-hybridized carbons (Fsp3) is 0.391. The Morgan fingerprint density at radius 3 is 2.61 bits per heavy atom. The summed E-state index contributed by atoms with van der Waals surface area (Å²) >= 11 is 0. The number of imidazole rings is 1. The van der Waals surface area contributed by atoms with Gasteiger partial charge < -0.3 is 24.7 Å². The van der Waals surface area contributed by atoms with E-state index >= 15 is 0 Å². The van der Waals surface area contributed by atoms with Gasteiger partial charge in [0, 0.05) is 54.9 Å². The van der Waals surface area contributed by atoms with Gasteiger partial charge in [0.1, 0.15) is 0 Å². The van der Waals surface area contributed by atoms with Gasteiger partial charge >= 0.3 is 0 Å². The molecule has 0 unspecified atom stereocenters. The number of aryl methyl sites for hydroxylation is 1. The highest BCUT2D eigenvalue weighted by atomic mass is 19.3. The smallest absolute Gasteiger partial charge is 0.264 e. The SMILES string of the molecule is COc1cc(Nc2n[nH]c3cc(N4C[C@H](C)N[C@@H](C)C4)cc(C(F)F)c23)cn2cc(C)nc12. The molecule has 0 amide bonds. The molecule has 2 atom stereocenters. The Morgan fingerprint density at radius 1 is 1.15 bits per heavy atom. The normalized spacial score (nSPS) is 19.1. The molecule has 174 valence electrons. The van der Waals surface area contributed by atoms with E-state index in [1.165, 1.54) is 0 Å². The van der Waals surface area contributed by atoms with Gasteiger partial charge in [-0.05, 0) is 32.9 Å². The summed E-state index contributed by atoms with van der Waals surface area (Å²) in [4.78, 5) is 6.60. The van der Waals surface area contributed by atoms with Crippen molar-refractivity contribution in [2.75, 3.05) is 30.4 Å². The van der Waals surface area contributed by atoms with Crippen LogP contribution >= 0.6 is 0 Å². The molecule has 1 fully saturated rings. The minimum Gasteiger partial charge on any atom is -0.493 e. The Labute approximate surface area is 189 Å². The van der Waals surface area contributed by atoms with Gasteiger partial charge in [0.15, 0.2) is 17.2 Å². The van der Waals surface area contributed by atoms with Crippen LogP contribution in [0.3, 0.4) is 0 Å². The van der Waals surface area contributed by atoms with Gasteiger partial charge in [-0.25, -0.2) is 13.8 Å². The van der Waals surface area contributed by atoms with Crippen LogP contribution in [0.5, 0.6) is 5.75 Å². The van der Waals surface area contributed by atoms with Crippen LogP contribution in [-0.2, 0) is 0 Å². The van der Waals surface area contributed by atoms with Crippen LogP contribution in [0, 0.1) is 6.92 Å². The van der Waals surface area contributed by atoms with Crippen molar-refractivity contribution in [2.24, 2.45) is 0 Å². The molecule has 0 spiro atoms. The lowest BCUT2D eigenvalue weighted by atomic mass is 10.1. The van der Waals surface area contributed by atoms with Crippen LogP contribution in [0.4, 0.5) is 26.0 Å². The first-order chi connectivity index (χ1) is 15.8. The molecule has 0 radical (unpaired) electrons. The molecule has 4 heterocycles. The number of ether oxygens (including phenoxy) is 1. The predicted octanol–water partition coefficient (Wildman–Crippen LogP) is 4.40. The number of hydrogen-bond donors (Lipinski definition) is 3. The fourth-order valence-electron chi connectivity index (χ4n) is 4.70. The van der Waals surface area contributed by atoms with Crippen molar-refractivity contribution in [1.82, 2.24) is 24.9 Å². The van der Waals surface area contributed by atoms with E-state index < -0.39 is 6.43 Å². The molecule has 4 aromatic rings. The van der Waals surface area contributed by atoms with Gasteiger partial charge in [0.2, 0.25) is 0 Å². The zero-order valence-electron chi connectivity index (χ0n) is 19.0. The number of pyridine rings is 1. The molecule has 10 heteroatoms. The van der Waals surface area contributed by atoms with E-state index in [0.29, 0.717) is 33.8 Å². The molecule has 5 rings (SSSR count). The van der Waals surface area contributed by atoms with E-state index in [2.05, 4.69) is 44.6 Å². The van der Waals surface area contributed by atoms with Gasteiger partial charge in [-0.15, -0.1) is 0 Å². The Morgan fingerprint density at radius 2 is 1.91 bits per heavy atom. The monoisotopic (exact) mass is 455 g/mol. The summed E-state index contributed by atoms with van der Waals surface area (Å²) in [5, 5.41) is 14.3. The van der Waals surface area contributed by atoms with Gasteiger partial charge in [-0.2, -0.15) is 5.10 Å². The predicted molar refractivity (Wildman–Crippen MR) is 125 cm³/mol. The number of methoxy groups -OCH3 is 1. The maximum Gasteiger partial charge on any atom is 0.264 e. The Balaban J connectivity index is 1.55. The number of benzene rings is 1. The largest absolute Gasteiger partial charge is 0.493 e. The number of H-pyrrole nitrogens is 1. The topological polar surface area (TPSA) is 82.5 Å². The molecule has 0 aliphatic carbocycles. The first kappa shape index (κ1) is 21.4. The first-order valence-corrected chi connectivity index (χ1v) is 10.9. The molecule has 1 aliphatic heterocycles. The van der Waals surface area contributed by atoms with Crippen molar-refractivity contribution in [3.05, 3.63) is 41.9 Å². The van der Waals surface area contributed by atoms with Crippen molar-refractivity contribution in [3.63, 3.8) is 0 Å². The summed E-state index contributed by atoms with van der Waals surface area (Å²) in [6.07, 6.45) is 1.06. The number of nitrogens with one attached hydrogen (secondary N) is 3. The number of fused-ring (bicyclic) bond motifs is 2. The quantitative estimate of drug-likeness (QED) is 0.414. The molecule has 3 N–H and O–H groups in total. The number of piperazine rings is 1. The minimum atomic E-state index is -2.64. The lowest BCUT2D eigenvalue weighted by Crippen LogP contribution is -2.54. The minimum absolute atomic E-state index is 0.0518. The molecule has 0 bridgehead atoms. The number of halogens is 2. The van der Waals surface area contributed by atoms with Crippen molar-refractivity contribution in [3.8, 4) is 5.75 Å². The number of anilines is 3. The number of aromatic amines is 1. The Hall–Kier alpha value is -3.40. The Bertz CT molecular complexity index is 1310. The van der Waals surface area contributed by atoms with Crippen LogP contribution in [0.25, 0.3) is 16.6 Å². The number of hydrogen-bond acceptors (Lipinski definition) is 6. The zero-order valence-corrected chi connectivity index (χ0v) is 19.0. The van der Waals surface area contributed by atoms with Gasteiger partial charge in [-0.1, -0.05) is 0 Å². The third-order valence-electron chi connectivity index (χ3n) is 5.96. The first-order valence-electron chi connectivity index (χ1n) is 10.9. The van der Waals surface area contributed by atoms with Crippen LogP contribution in [0.1, 0.15) is 31.5 Å². The average molecular weight is 456 g/mol. The van der Waals surface area contributed by atoms with Gasteiger partial charge in [0.25, 0.3) is 6.43 Å². The second-order valence-electron chi connectivity index (χ2n) is 8.74. The summed E-state index contributed by atoms with van der Waals surface area (Å²) in [5.74, 6) is 0.915. The lowest BCUT2D eigenvalue weighted by molar-refractivity contribution is 0.153. The van der Waals surface area contributed by atoms with Gasteiger partial charge in [-0.3, -0.25) is 5.10 Å². The zero-order chi connectivity index (χ0) is 23.3. The highest BCUT2D eigenvalue weighted by Crippen LogP contribution is 2.37. The van der Waals surface area contributed by atoms with E-state index in [9.17, 15) is 8.78 Å². The van der Waals surface area contributed by atoms with Crippen LogP contribution in [-0.4, -0.2) is 51.9 Å². The van der Waals surface area contributed by atoms with E-state index in [1.807, 2.05) is 29.8 Å².